The number of hydrogen-bond acceptors (Lipinski definition) is 6. The van der Waals surface area contributed by atoms with Crippen LogP contribution >= 0.6 is 0 Å². The van der Waals surface area contributed by atoms with Crippen molar-refractivity contribution in [2.45, 2.75) is 142 Å². The van der Waals surface area contributed by atoms with Gasteiger partial charge in [0.15, 0.2) is 5.92 Å². The summed E-state index contributed by atoms with van der Waals surface area (Å²) in [6, 6.07) is 0. The number of esters is 2. The van der Waals surface area contributed by atoms with Crippen LogP contribution in [0.15, 0.2) is 0 Å². The van der Waals surface area contributed by atoms with Gasteiger partial charge >= 0.3 is 11.9 Å². The summed E-state index contributed by atoms with van der Waals surface area (Å²) in [6.07, 6.45) is 2.64. The molecular formula is C25H44N2O6. The number of carbonyl (C=O) groups excluding carboxylic acids is 2. The molecule has 2 fully saturated rings. The van der Waals surface area contributed by atoms with Gasteiger partial charge in [0.25, 0.3) is 0 Å². The molecule has 0 saturated carbocycles. The lowest BCUT2D eigenvalue weighted by atomic mass is 9.80. The Morgan fingerprint density at radius 1 is 0.727 bits per heavy atom. The Morgan fingerprint density at radius 3 is 1.30 bits per heavy atom. The first-order chi connectivity index (χ1) is 14.9. The van der Waals surface area contributed by atoms with Crippen LogP contribution in [0.2, 0.25) is 0 Å². The van der Waals surface area contributed by atoms with Crippen LogP contribution in [0.5, 0.6) is 0 Å². The molecule has 0 bridgehead atoms. The number of piperidine rings is 2. The largest absolute Gasteiger partial charge is 0.462 e. The van der Waals surface area contributed by atoms with E-state index in [2.05, 4.69) is 0 Å². The molecule has 8 nitrogen and oxygen atoms in total. The minimum Gasteiger partial charge on any atom is -0.462 e. The predicted molar refractivity (Wildman–Crippen MR) is 123 cm³/mol. The number of ether oxygens (including phenoxy) is 2. The molecule has 0 amide bonds. The molecule has 0 aliphatic carbocycles. The van der Waals surface area contributed by atoms with Crippen molar-refractivity contribution in [1.82, 2.24) is 10.1 Å². The Kier molecular flexibility index (Phi) is 8.32. The van der Waals surface area contributed by atoms with Gasteiger partial charge < -0.3 is 9.47 Å². The fourth-order valence-corrected chi connectivity index (χ4v) is 5.74. The first-order valence-electron chi connectivity index (χ1n) is 12.3. The molecule has 2 saturated heterocycles. The number of unbranched alkanes of at least 4 members (excludes halogenated alkanes) is 1. The minimum atomic E-state index is -1.00. The van der Waals surface area contributed by atoms with E-state index in [1.165, 1.54) is 0 Å². The topological polar surface area (TPSA) is 98.9 Å². The maximum Gasteiger partial charge on any atom is 0.320 e. The third-order valence-electron chi connectivity index (χ3n) is 7.09. The molecule has 2 aliphatic rings. The summed E-state index contributed by atoms with van der Waals surface area (Å²) in [4.78, 5) is 26.3. The van der Waals surface area contributed by atoms with E-state index in [-0.39, 0.29) is 0 Å². The van der Waals surface area contributed by atoms with Crippen LogP contribution < -0.4 is 0 Å². The molecule has 0 unspecified atom stereocenters. The molecule has 0 aromatic carbocycles. The smallest absolute Gasteiger partial charge is 0.320 e. The first kappa shape index (κ1) is 28.0. The predicted octanol–water partition coefficient (Wildman–Crippen LogP) is 4.61. The molecule has 0 aromatic rings. The molecule has 0 N–H and O–H groups in total. The van der Waals surface area contributed by atoms with Crippen molar-refractivity contribution in [3.05, 3.63) is 0 Å². The van der Waals surface area contributed by atoms with Gasteiger partial charge in [0.1, 0.15) is 12.2 Å². The van der Waals surface area contributed by atoms with Crippen molar-refractivity contribution < 1.29 is 29.5 Å². The van der Waals surface area contributed by atoms with Crippen molar-refractivity contribution in [2.75, 3.05) is 0 Å². The quantitative estimate of drug-likeness (QED) is 0.399. The fraction of sp³-hybridized carbons (Fsp3) is 0.920. The van der Waals surface area contributed by atoms with Gasteiger partial charge in [-0.1, -0.05) is 19.8 Å². The Labute approximate surface area is 199 Å². The molecule has 33 heavy (non-hydrogen) atoms. The highest BCUT2D eigenvalue weighted by Gasteiger charge is 2.50. The zero-order chi connectivity index (χ0) is 25.4. The monoisotopic (exact) mass is 468 g/mol. The van der Waals surface area contributed by atoms with Crippen molar-refractivity contribution in [2.24, 2.45) is 5.92 Å². The lowest BCUT2D eigenvalue weighted by Crippen LogP contribution is -2.60. The van der Waals surface area contributed by atoms with Crippen LogP contribution in [-0.4, -0.2) is 56.4 Å². The van der Waals surface area contributed by atoms with E-state index in [0.717, 1.165) is 16.5 Å². The molecule has 2 aliphatic heterocycles. The first-order valence-corrected chi connectivity index (χ1v) is 12.3. The average molecular weight is 469 g/mol. The van der Waals surface area contributed by atoms with Gasteiger partial charge in [0, 0.05) is 47.8 Å². The number of hydroxylamine groups is 4. The van der Waals surface area contributed by atoms with Gasteiger partial charge in [0.05, 0.1) is 0 Å². The second-order valence-corrected chi connectivity index (χ2v) is 12.5. The molecule has 0 aromatic heterocycles. The summed E-state index contributed by atoms with van der Waals surface area (Å²) in [6.45, 7) is 16.7. The average Bonchev–Trinajstić information content (AvgIpc) is 2.63. The van der Waals surface area contributed by atoms with E-state index < -0.39 is 52.2 Å². The molecule has 0 spiro atoms. The maximum atomic E-state index is 13.1. The summed E-state index contributed by atoms with van der Waals surface area (Å²) < 4.78 is 11.6. The summed E-state index contributed by atoms with van der Waals surface area (Å²) in [5.74, 6) is -2.16. The van der Waals surface area contributed by atoms with Crippen molar-refractivity contribution in [3.63, 3.8) is 0 Å². The molecule has 2 radical (unpaired) electrons. The van der Waals surface area contributed by atoms with Crippen molar-refractivity contribution in [1.29, 1.82) is 0 Å². The Hall–Kier alpha value is -1.22. The van der Waals surface area contributed by atoms with E-state index in [1.807, 2.05) is 62.3 Å². The minimum absolute atomic E-state index is 0.356. The number of rotatable bonds is 7. The standard InChI is InChI=1S/C25H44N2O6/c1-10-11-12-19(20(28)32-17-13-22(2,3)26(30)23(4,5)14-17)21(29)33-18-15-24(6,7)27(31)25(8,9)16-18/h17-19H,10-16H2,1-9H3. The highest BCUT2D eigenvalue weighted by Crippen LogP contribution is 2.40. The van der Waals surface area contributed by atoms with E-state index >= 15 is 0 Å². The van der Waals surface area contributed by atoms with E-state index in [4.69, 9.17) is 9.47 Å². The van der Waals surface area contributed by atoms with E-state index in [1.54, 1.807) is 0 Å². The number of nitrogens with zero attached hydrogens (tertiary/aromatic N) is 2. The molecule has 190 valence electrons. The molecule has 2 heterocycles. The SMILES string of the molecule is CCCCC(C(=O)OC1CC(C)(C)N([O])C(C)(C)C1)C(=O)OC1CC(C)(C)N([O])C(C)(C)C1. The van der Waals surface area contributed by atoms with Crippen molar-refractivity contribution in [3.8, 4) is 0 Å². The molecule has 8 heteroatoms. The molecule has 2 rings (SSSR count). The normalized spacial score (nSPS) is 25.7. The Morgan fingerprint density at radius 2 is 1.03 bits per heavy atom. The highest BCUT2D eigenvalue weighted by atomic mass is 16.6. The van der Waals surface area contributed by atoms with Gasteiger partial charge in [0.2, 0.25) is 0 Å². The molecular weight excluding hydrogens is 424 g/mol. The summed E-state index contributed by atoms with van der Waals surface area (Å²) in [7, 11) is 0. The van der Waals surface area contributed by atoms with Crippen LogP contribution in [0.3, 0.4) is 0 Å². The molecule has 0 atom stereocenters. The summed E-state index contributed by atoms with van der Waals surface area (Å²) >= 11 is 0. The summed E-state index contributed by atoms with van der Waals surface area (Å²) in [5.41, 5.74) is -2.68. The zero-order valence-corrected chi connectivity index (χ0v) is 22.0. The highest BCUT2D eigenvalue weighted by molar-refractivity contribution is 5.95. The van der Waals surface area contributed by atoms with Gasteiger partial charge in [-0.15, -0.1) is 20.5 Å². The van der Waals surface area contributed by atoms with Crippen LogP contribution in [0, 0.1) is 5.92 Å². The zero-order valence-electron chi connectivity index (χ0n) is 22.0. The Balaban J connectivity index is 2.12. The van der Waals surface area contributed by atoms with Gasteiger partial charge in [-0.25, -0.2) is 0 Å². The van der Waals surface area contributed by atoms with E-state index in [0.29, 0.717) is 38.5 Å². The van der Waals surface area contributed by atoms with Crippen LogP contribution in [0.1, 0.15) is 107 Å². The number of hydrogen-bond donors (Lipinski definition) is 0. The second-order valence-electron chi connectivity index (χ2n) is 12.5. The van der Waals surface area contributed by atoms with Gasteiger partial charge in [-0.05, 0) is 61.8 Å². The van der Waals surface area contributed by atoms with Gasteiger partial charge in [-0.2, -0.15) is 0 Å². The van der Waals surface area contributed by atoms with Gasteiger partial charge in [-0.3, -0.25) is 9.59 Å². The van der Waals surface area contributed by atoms with Crippen LogP contribution in [-0.2, 0) is 29.5 Å². The van der Waals surface area contributed by atoms with E-state index in [9.17, 15) is 20.0 Å². The third kappa shape index (κ3) is 6.47. The van der Waals surface area contributed by atoms with Crippen LogP contribution in [0.25, 0.3) is 0 Å². The fourth-order valence-electron chi connectivity index (χ4n) is 5.74. The van der Waals surface area contributed by atoms with Crippen LogP contribution in [0.4, 0.5) is 0 Å². The second kappa shape index (κ2) is 9.80. The Bertz CT molecular complexity index is 626. The van der Waals surface area contributed by atoms with Crippen molar-refractivity contribution >= 4 is 11.9 Å². The maximum absolute atomic E-state index is 13.1. The lowest BCUT2D eigenvalue weighted by molar-refractivity contribution is -0.300. The lowest BCUT2D eigenvalue weighted by Gasteiger charge is -2.49. The summed E-state index contributed by atoms with van der Waals surface area (Å²) in [5, 5.41) is 27.4. The number of carbonyl (C=O) groups is 2. The third-order valence-corrected chi connectivity index (χ3v) is 7.09.